The van der Waals surface area contributed by atoms with Gasteiger partial charge in [0.25, 0.3) is 0 Å². The lowest BCUT2D eigenvalue weighted by molar-refractivity contribution is -0.148. The van der Waals surface area contributed by atoms with Crippen LogP contribution in [0.1, 0.15) is 53.4 Å². The second-order valence-electron chi connectivity index (χ2n) is 6.73. The highest BCUT2D eigenvalue weighted by Gasteiger charge is 2.45. The second-order valence-corrected chi connectivity index (χ2v) is 6.73. The maximum absolute atomic E-state index is 13.0. The molecular weight excluding hydrogens is 256 g/mol. The van der Waals surface area contributed by atoms with Crippen molar-refractivity contribution in [1.29, 1.82) is 0 Å². The molecule has 5 nitrogen and oxygen atoms in total. The van der Waals surface area contributed by atoms with Crippen LogP contribution in [-0.2, 0) is 9.59 Å². The summed E-state index contributed by atoms with van der Waals surface area (Å²) in [6.45, 7) is 9.84. The van der Waals surface area contributed by atoms with Gasteiger partial charge in [-0.2, -0.15) is 0 Å². The molecule has 116 valence electrons. The van der Waals surface area contributed by atoms with E-state index in [0.29, 0.717) is 6.54 Å². The lowest BCUT2D eigenvalue weighted by Crippen LogP contribution is -2.53. The van der Waals surface area contributed by atoms with Gasteiger partial charge < -0.3 is 15.3 Å². The topological polar surface area (TPSA) is 69.6 Å². The number of hydrogen-bond donors (Lipinski definition) is 2. The molecule has 0 aliphatic carbocycles. The van der Waals surface area contributed by atoms with Crippen molar-refractivity contribution in [2.75, 3.05) is 19.6 Å². The summed E-state index contributed by atoms with van der Waals surface area (Å²) in [5.41, 5.74) is -0.698. The Morgan fingerprint density at radius 1 is 1.35 bits per heavy atom. The molecule has 0 radical (unpaired) electrons. The van der Waals surface area contributed by atoms with Crippen LogP contribution in [0.2, 0.25) is 0 Å². The van der Waals surface area contributed by atoms with Crippen molar-refractivity contribution < 1.29 is 14.7 Å². The number of carboxylic acids is 1. The number of amides is 1. The van der Waals surface area contributed by atoms with E-state index in [1.165, 1.54) is 0 Å². The molecule has 1 aliphatic rings. The molecule has 1 unspecified atom stereocenters. The fourth-order valence-corrected chi connectivity index (χ4v) is 2.96. The number of carbonyl (C=O) groups is 2. The van der Waals surface area contributed by atoms with Gasteiger partial charge in [-0.1, -0.05) is 13.3 Å². The van der Waals surface area contributed by atoms with E-state index in [-0.39, 0.29) is 29.8 Å². The van der Waals surface area contributed by atoms with Crippen LogP contribution in [0.3, 0.4) is 0 Å². The molecule has 1 rings (SSSR count). The molecule has 0 aromatic heterocycles. The van der Waals surface area contributed by atoms with Gasteiger partial charge in [0.05, 0.1) is 11.8 Å². The third-order valence-corrected chi connectivity index (χ3v) is 4.03. The van der Waals surface area contributed by atoms with Crippen LogP contribution < -0.4 is 5.32 Å². The SMILES string of the molecule is CCCC1(C(=O)N(CCC(=O)O)C(C)(C)C)CCNC1. The Labute approximate surface area is 121 Å². The predicted molar refractivity (Wildman–Crippen MR) is 78.5 cm³/mol. The summed E-state index contributed by atoms with van der Waals surface area (Å²) >= 11 is 0. The zero-order chi connectivity index (χ0) is 15.4. The number of carboxylic acid groups (broad SMARTS) is 1. The van der Waals surface area contributed by atoms with Gasteiger partial charge in [0.15, 0.2) is 0 Å². The number of aliphatic carboxylic acids is 1. The summed E-state index contributed by atoms with van der Waals surface area (Å²) in [6, 6.07) is 0. The summed E-state index contributed by atoms with van der Waals surface area (Å²) < 4.78 is 0. The molecule has 0 spiro atoms. The minimum atomic E-state index is -0.860. The van der Waals surface area contributed by atoms with Gasteiger partial charge in [-0.3, -0.25) is 9.59 Å². The average Bonchev–Trinajstić information content (AvgIpc) is 2.77. The molecule has 0 aromatic carbocycles. The van der Waals surface area contributed by atoms with Crippen molar-refractivity contribution >= 4 is 11.9 Å². The third-order valence-electron chi connectivity index (χ3n) is 4.03. The van der Waals surface area contributed by atoms with E-state index in [1.807, 2.05) is 20.8 Å². The van der Waals surface area contributed by atoms with Gasteiger partial charge in [0, 0.05) is 18.6 Å². The third kappa shape index (κ3) is 3.95. The Balaban J connectivity index is 2.93. The zero-order valence-electron chi connectivity index (χ0n) is 13.2. The molecule has 1 heterocycles. The molecule has 1 fully saturated rings. The first-order valence-electron chi connectivity index (χ1n) is 7.47. The van der Waals surface area contributed by atoms with Crippen molar-refractivity contribution in [1.82, 2.24) is 10.2 Å². The molecule has 1 saturated heterocycles. The molecule has 5 heteroatoms. The predicted octanol–water partition coefficient (Wildman–Crippen LogP) is 1.87. The van der Waals surface area contributed by atoms with E-state index in [9.17, 15) is 9.59 Å². The van der Waals surface area contributed by atoms with Crippen LogP contribution >= 0.6 is 0 Å². The van der Waals surface area contributed by atoms with Crippen LogP contribution in [-0.4, -0.2) is 47.1 Å². The lowest BCUT2D eigenvalue weighted by atomic mass is 9.80. The Kier molecular flexibility index (Phi) is 5.57. The largest absolute Gasteiger partial charge is 0.481 e. The molecule has 0 saturated carbocycles. The lowest BCUT2D eigenvalue weighted by Gasteiger charge is -2.41. The molecule has 0 bridgehead atoms. The van der Waals surface area contributed by atoms with Crippen molar-refractivity contribution in [3.05, 3.63) is 0 Å². The quantitative estimate of drug-likeness (QED) is 0.781. The Bertz CT molecular complexity index is 355. The molecule has 0 aromatic rings. The summed E-state index contributed by atoms with van der Waals surface area (Å²) in [7, 11) is 0. The van der Waals surface area contributed by atoms with Crippen molar-refractivity contribution in [2.45, 2.75) is 58.9 Å². The highest BCUT2D eigenvalue weighted by Crippen LogP contribution is 2.35. The first kappa shape index (κ1) is 17.0. The maximum atomic E-state index is 13.0. The monoisotopic (exact) mass is 284 g/mol. The fraction of sp³-hybridized carbons (Fsp3) is 0.867. The van der Waals surface area contributed by atoms with Crippen molar-refractivity contribution in [3.63, 3.8) is 0 Å². The summed E-state index contributed by atoms with van der Waals surface area (Å²) in [5, 5.41) is 12.2. The van der Waals surface area contributed by atoms with Crippen LogP contribution in [0.25, 0.3) is 0 Å². The molecule has 1 atom stereocenters. The van der Waals surface area contributed by atoms with Crippen molar-refractivity contribution in [2.24, 2.45) is 5.41 Å². The van der Waals surface area contributed by atoms with Crippen molar-refractivity contribution in [3.8, 4) is 0 Å². The molecule has 2 N–H and O–H groups in total. The first-order valence-corrected chi connectivity index (χ1v) is 7.47. The van der Waals surface area contributed by atoms with Crippen LogP contribution in [0.4, 0.5) is 0 Å². The summed E-state index contributed by atoms with van der Waals surface area (Å²) in [6.07, 6.45) is 2.67. The van der Waals surface area contributed by atoms with E-state index in [2.05, 4.69) is 12.2 Å². The molecule has 1 amide bonds. The fourth-order valence-electron chi connectivity index (χ4n) is 2.96. The highest BCUT2D eigenvalue weighted by molar-refractivity contribution is 5.84. The minimum absolute atomic E-state index is 0.00135. The maximum Gasteiger partial charge on any atom is 0.305 e. The van der Waals surface area contributed by atoms with Crippen LogP contribution in [0.5, 0.6) is 0 Å². The second kappa shape index (κ2) is 6.57. The first-order chi connectivity index (χ1) is 9.23. The van der Waals surface area contributed by atoms with E-state index >= 15 is 0 Å². The van der Waals surface area contributed by atoms with Crippen LogP contribution in [0.15, 0.2) is 0 Å². The van der Waals surface area contributed by atoms with E-state index in [1.54, 1.807) is 4.90 Å². The Morgan fingerprint density at radius 2 is 2.00 bits per heavy atom. The highest BCUT2D eigenvalue weighted by atomic mass is 16.4. The van der Waals surface area contributed by atoms with Gasteiger partial charge in [0.2, 0.25) is 5.91 Å². The summed E-state index contributed by atoms with van der Waals surface area (Å²) in [5.74, 6) is -0.751. The number of nitrogens with zero attached hydrogens (tertiary/aromatic N) is 1. The minimum Gasteiger partial charge on any atom is -0.481 e. The zero-order valence-corrected chi connectivity index (χ0v) is 13.2. The number of rotatable bonds is 6. The van der Waals surface area contributed by atoms with E-state index in [4.69, 9.17) is 5.11 Å². The standard InChI is InChI=1S/C15H28N2O3/c1-5-7-15(8-9-16-11-15)13(20)17(14(2,3)4)10-6-12(18)19/h16H,5-11H2,1-4H3,(H,18,19). The smallest absolute Gasteiger partial charge is 0.305 e. The summed E-state index contributed by atoms with van der Waals surface area (Å²) in [4.78, 5) is 25.6. The van der Waals surface area contributed by atoms with Gasteiger partial charge in [0.1, 0.15) is 0 Å². The van der Waals surface area contributed by atoms with E-state index in [0.717, 1.165) is 25.8 Å². The van der Waals surface area contributed by atoms with Gasteiger partial charge in [-0.15, -0.1) is 0 Å². The van der Waals surface area contributed by atoms with Gasteiger partial charge >= 0.3 is 5.97 Å². The molecular formula is C15H28N2O3. The number of carbonyl (C=O) groups excluding carboxylic acids is 1. The van der Waals surface area contributed by atoms with Crippen LogP contribution in [0, 0.1) is 5.41 Å². The number of hydrogen-bond acceptors (Lipinski definition) is 3. The normalized spacial score (nSPS) is 22.8. The molecule has 20 heavy (non-hydrogen) atoms. The van der Waals surface area contributed by atoms with Gasteiger partial charge in [-0.25, -0.2) is 0 Å². The average molecular weight is 284 g/mol. The Morgan fingerprint density at radius 3 is 2.40 bits per heavy atom. The van der Waals surface area contributed by atoms with E-state index < -0.39 is 5.97 Å². The number of nitrogens with one attached hydrogen (secondary N) is 1. The molecule has 1 aliphatic heterocycles. The van der Waals surface area contributed by atoms with Gasteiger partial charge in [-0.05, 0) is 40.2 Å². The Hall–Kier alpha value is -1.10.